The van der Waals surface area contributed by atoms with E-state index in [1.165, 1.54) is 24.3 Å². The summed E-state index contributed by atoms with van der Waals surface area (Å²) >= 11 is 0. The minimum absolute atomic E-state index is 0.0623. The average Bonchev–Trinajstić information content (AvgIpc) is 2.44. The molecule has 7 heteroatoms. The molecule has 20 heavy (non-hydrogen) atoms. The summed E-state index contributed by atoms with van der Waals surface area (Å²) in [5.41, 5.74) is 0.398. The van der Waals surface area contributed by atoms with Crippen molar-refractivity contribution in [3.63, 3.8) is 0 Å². The number of halogens is 3. The molecule has 1 N–H and O–H groups in total. The first kappa shape index (κ1) is 13.9. The Labute approximate surface area is 112 Å². The smallest absolute Gasteiger partial charge is 0.269 e. The predicted molar refractivity (Wildman–Crippen MR) is 66.7 cm³/mol. The fraction of sp³-hybridized carbons (Fsp3) is 0.0769. The summed E-state index contributed by atoms with van der Waals surface area (Å²) in [5, 5.41) is 13.1. The lowest BCUT2D eigenvalue weighted by molar-refractivity contribution is -0.384. The van der Waals surface area contributed by atoms with Crippen molar-refractivity contribution < 1.29 is 18.1 Å². The molecule has 0 radical (unpaired) electrons. The summed E-state index contributed by atoms with van der Waals surface area (Å²) < 4.78 is 39.1. The van der Waals surface area contributed by atoms with E-state index >= 15 is 0 Å². The van der Waals surface area contributed by atoms with E-state index in [4.69, 9.17) is 0 Å². The molecule has 2 aromatic rings. The monoisotopic (exact) mass is 282 g/mol. The van der Waals surface area contributed by atoms with Gasteiger partial charge in [0.2, 0.25) is 0 Å². The molecule has 2 rings (SSSR count). The third-order valence-electron chi connectivity index (χ3n) is 2.67. The van der Waals surface area contributed by atoms with Crippen molar-refractivity contribution in [2.24, 2.45) is 0 Å². The summed E-state index contributed by atoms with van der Waals surface area (Å²) in [6, 6.07) is 7.48. The topological polar surface area (TPSA) is 55.2 Å². The van der Waals surface area contributed by atoms with Crippen LogP contribution in [0.25, 0.3) is 0 Å². The van der Waals surface area contributed by atoms with Crippen LogP contribution in [-0.4, -0.2) is 4.92 Å². The van der Waals surface area contributed by atoms with Gasteiger partial charge in [-0.15, -0.1) is 0 Å². The highest BCUT2D eigenvalue weighted by Gasteiger charge is 2.13. The van der Waals surface area contributed by atoms with Crippen LogP contribution in [-0.2, 0) is 6.54 Å². The number of nitrogens with one attached hydrogen (secondary N) is 1. The van der Waals surface area contributed by atoms with Gasteiger partial charge in [0.25, 0.3) is 5.69 Å². The normalized spacial score (nSPS) is 10.3. The van der Waals surface area contributed by atoms with E-state index in [1.54, 1.807) is 0 Å². The molecule has 0 unspecified atom stereocenters. The van der Waals surface area contributed by atoms with Gasteiger partial charge in [-0.1, -0.05) is 12.1 Å². The van der Waals surface area contributed by atoms with Crippen LogP contribution >= 0.6 is 0 Å². The number of nitro groups is 1. The van der Waals surface area contributed by atoms with Crippen LogP contribution in [0.5, 0.6) is 0 Å². The lowest BCUT2D eigenvalue weighted by atomic mass is 10.2. The zero-order chi connectivity index (χ0) is 14.7. The maximum absolute atomic E-state index is 13.4. The molecular formula is C13H9F3N2O2. The van der Waals surface area contributed by atoms with Gasteiger partial charge < -0.3 is 5.32 Å². The Bertz CT molecular complexity index is 645. The zero-order valence-corrected chi connectivity index (χ0v) is 10.1. The molecule has 0 atom stereocenters. The van der Waals surface area contributed by atoms with Crippen LogP contribution in [0.4, 0.5) is 24.5 Å². The molecule has 0 bridgehead atoms. The van der Waals surface area contributed by atoms with Crippen molar-refractivity contribution in [1.29, 1.82) is 0 Å². The van der Waals surface area contributed by atoms with E-state index in [1.807, 2.05) is 0 Å². The highest BCUT2D eigenvalue weighted by molar-refractivity contribution is 5.46. The zero-order valence-electron chi connectivity index (χ0n) is 10.1. The molecule has 0 aliphatic heterocycles. The van der Waals surface area contributed by atoms with E-state index < -0.39 is 22.4 Å². The predicted octanol–water partition coefficient (Wildman–Crippen LogP) is 3.62. The fourth-order valence-electron chi connectivity index (χ4n) is 1.60. The van der Waals surface area contributed by atoms with Crippen LogP contribution < -0.4 is 5.32 Å². The average molecular weight is 282 g/mol. The number of nitrogens with zero attached hydrogens (tertiary/aromatic N) is 1. The third-order valence-corrected chi connectivity index (χ3v) is 2.67. The van der Waals surface area contributed by atoms with Crippen LogP contribution in [0, 0.1) is 27.6 Å². The van der Waals surface area contributed by atoms with Crippen LogP contribution in [0.1, 0.15) is 5.56 Å². The summed E-state index contributed by atoms with van der Waals surface area (Å²) in [6.45, 7) is 0.125. The second kappa shape index (κ2) is 5.60. The van der Waals surface area contributed by atoms with E-state index in [9.17, 15) is 23.3 Å². The first-order valence-corrected chi connectivity index (χ1v) is 5.59. The Balaban J connectivity index is 2.09. The number of nitro benzene ring substituents is 1. The fourth-order valence-corrected chi connectivity index (χ4v) is 1.60. The molecule has 0 amide bonds. The van der Waals surface area contributed by atoms with Crippen molar-refractivity contribution in [3.8, 4) is 0 Å². The quantitative estimate of drug-likeness (QED) is 0.529. The Hall–Kier alpha value is -2.57. The summed E-state index contributed by atoms with van der Waals surface area (Å²) in [5.74, 6) is -4.10. The highest BCUT2D eigenvalue weighted by atomic mass is 19.2. The number of hydrogen-bond donors (Lipinski definition) is 1. The van der Waals surface area contributed by atoms with Crippen molar-refractivity contribution in [2.75, 3.05) is 5.32 Å². The SMILES string of the molecule is O=[N+]([O-])c1ccc(CNc2ccc(F)c(F)c2F)cc1. The molecule has 0 heterocycles. The Morgan fingerprint density at radius 2 is 1.65 bits per heavy atom. The van der Waals surface area contributed by atoms with Gasteiger partial charge in [-0.05, 0) is 17.7 Å². The maximum Gasteiger partial charge on any atom is 0.269 e. The molecule has 0 aromatic heterocycles. The van der Waals surface area contributed by atoms with E-state index in [0.717, 1.165) is 12.1 Å². The molecule has 0 aliphatic rings. The van der Waals surface area contributed by atoms with E-state index in [0.29, 0.717) is 5.56 Å². The molecule has 0 saturated heterocycles. The van der Waals surface area contributed by atoms with Crippen molar-refractivity contribution >= 4 is 11.4 Å². The van der Waals surface area contributed by atoms with Gasteiger partial charge in [0.15, 0.2) is 17.5 Å². The van der Waals surface area contributed by atoms with Crippen molar-refractivity contribution in [1.82, 2.24) is 0 Å². The number of anilines is 1. The highest BCUT2D eigenvalue weighted by Crippen LogP contribution is 2.20. The molecule has 0 aliphatic carbocycles. The second-order valence-electron chi connectivity index (χ2n) is 4.00. The first-order chi connectivity index (χ1) is 9.49. The minimum Gasteiger partial charge on any atom is -0.379 e. The van der Waals surface area contributed by atoms with Gasteiger partial charge in [-0.2, -0.15) is 0 Å². The van der Waals surface area contributed by atoms with Crippen molar-refractivity contribution in [2.45, 2.75) is 6.54 Å². The van der Waals surface area contributed by atoms with Crippen LogP contribution in [0.2, 0.25) is 0 Å². The lowest BCUT2D eigenvalue weighted by Crippen LogP contribution is -2.04. The maximum atomic E-state index is 13.4. The number of rotatable bonds is 4. The Morgan fingerprint density at radius 3 is 2.25 bits per heavy atom. The minimum atomic E-state index is -1.54. The Kier molecular flexibility index (Phi) is 3.88. The molecule has 0 saturated carbocycles. The summed E-state index contributed by atoms with van der Waals surface area (Å²) in [7, 11) is 0. The van der Waals surface area contributed by atoms with Gasteiger partial charge in [0.05, 0.1) is 10.6 Å². The van der Waals surface area contributed by atoms with Gasteiger partial charge in [-0.3, -0.25) is 10.1 Å². The second-order valence-corrected chi connectivity index (χ2v) is 4.00. The summed E-state index contributed by atoms with van der Waals surface area (Å²) in [4.78, 5) is 9.93. The van der Waals surface area contributed by atoms with Crippen LogP contribution in [0.3, 0.4) is 0 Å². The molecule has 4 nitrogen and oxygen atoms in total. The van der Waals surface area contributed by atoms with E-state index in [2.05, 4.69) is 5.32 Å². The standard InChI is InChI=1S/C13H9F3N2O2/c14-10-5-6-11(13(16)12(10)15)17-7-8-1-3-9(4-2-8)18(19)20/h1-6,17H,7H2. The first-order valence-electron chi connectivity index (χ1n) is 5.59. The largest absolute Gasteiger partial charge is 0.379 e. The molecule has 104 valence electrons. The Morgan fingerprint density at radius 1 is 1.00 bits per heavy atom. The molecule has 0 spiro atoms. The number of non-ortho nitro benzene ring substituents is 1. The lowest BCUT2D eigenvalue weighted by Gasteiger charge is -2.08. The van der Waals surface area contributed by atoms with Gasteiger partial charge in [0, 0.05) is 18.7 Å². The number of hydrogen-bond acceptors (Lipinski definition) is 3. The molecular weight excluding hydrogens is 273 g/mol. The van der Waals surface area contributed by atoms with Crippen LogP contribution in [0.15, 0.2) is 36.4 Å². The molecule has 0 fully saturated rings. The van der Waals surface area contributed by atoms with Gasteiger partial charge >= 0.3 is 0 Å². The summed E-state index contributed by atoms with van der Waals surface area (Å²) in [6.07, 6.45) is 0. The van der Waals surface area contributed by atoms with Crippen molar-refractivity contribution in [3.05, 3.63) is 69.5 Å². The molecule has 2 aromatic carbocycles. The van der Waals surface area contributed by atoms with Gasteiger partial charge in [-0.25, -0.2) is 13.2 Å². The number of benzene rings is 2. The van der Waals surface area contributed by atoms with E-state index in [-0.39, 0.29) is 17.9 Å². The van der Waals surface area contributed by atoms with Gasteiger partial charge in [0.1, 0.15) is 0 Å². The third kappa shape index (κ3) is 2.87.